The van der Waals surface area contributed by atoms with Crippen molar-refractivity contribution in [3.63, 3.8) is 0 Å². The Morgan fingerprint density at radius 2 is 1.26 bits per heavy atom. The van der Waals surface area contributed by atoms with E-state index in [0.717, 1.165) is 12.2 Å². The summed E-state index contributed by atoms with van der Waals surface area (Å²) in [5.41, 5.74) is 3.63. The third-order valence-electron chi connectivity index (χ3n) is 5.62. The van der Waals surface area contributed by atoms with E-state index in [-0.39, 0.29) is 11.9 Å². The highest BCUT2D eigenvalue weighted by Crippen LogP contribution is 2.49. The van der Waals surface area contributed by atoms with E-state index >= 15 is 0 Å². The van der Waals surface area contributed by atoms with Crippen LogP contribution in [-0.2, 0) is 14.3 Å². The third kappa shape index (κ3) is 4.62. The molecule has 4 rings (SSSR count). The molecule has 3 heteroatoms. The van der Waals surface area contributed by atoms with Crippen LogP contribution in [0.5, 0.6) is 0 Å². The van der Waals surface area contributed by atoms with Gasteiger partial charge in [0, 0.05) is 0 Å². The average Bonchev–Trinajstić information content (AvgIpc) is 3.15. The van der Waals surface area contributed by atoms with Crippen LogP contribution in [0.25, 0.3) is 0 Å². The Labute approximate surface area is 189 Å². The van der Waals surface area contributed by atoms with Crippen molar-refractivity contribution in [1.29, 1.82) is 0 Å². The van der Waals surface area contributed by atoms with Gasteiger partial charge in [-0.15, -0.1) is 11.8 Å². The van der Waals surface area contributed by atoms with E-state index in [0.29, 0.717) is 11.7 Å². The number of cyclic esters (lactones) is 1. The van der Waals surface area contributed by atoms with Gasteiger partial charge in [0.05, 0.1) is 16.4 Å². The van der Waals surface area contributed by atoms with Gasteiger partial charge in [-0.2, -0.15) is 0 Å². The molecule has 1 aliphatic heterocycles. The van der Waals surface area contributed by atoms with Crippen molar-refractivity contribution >= 4 is 17.7 Å². The molecule has 0 bridgehead atoms. The summed E-state index contributed by atoms with van der Waals surface area (Å²) in [5.74, 6) is 1.61. The lowest BCUT2D eigenvalue weighted by atomic mass is 9.84. The first kappa shape index (κ1) is 21.5. The second-order valence-electron chi connectivity index (χ2n) is 8.36. The van der Waals surface area contributed by atoms with Gasteiger partial charge in [0.15, 0.2) is 0 Å². The highest BCUT2D eigenvalue weighted by molar-refractivity contribution is 8.00. The van der Waals surface area contributed by atoms with Crippen LogP contribution in [0.15, 0.2) is 103 Å². The van der Waals surface area contributed by atoms with Crippen LogP contribution in [0.2, 0.25) is 0 Å². The van der Waals surface area contributed by atoms with Gasteiger partial charge in [0.2, 0.25) is 0 Å². The first-order valence-electron chi connectivity index (χ1n) is 10.8. The van der Waals surface area contributed by atoms with E-state index in [9.17, 15) is 4.79 Å². The highest BCUT2D eigenvalue weighted by Gasteiger charge is 2.38. The van der Waals surface area contributed by atoms with Crippen LogP contribution in [-0.4, -0.2) is 11.7 Å². The maximum Gasteiger partial charge on any atom is 0.318 e. The molecule has 1 atom stereocenters. The van der Waals surface area contributed by atoms with Gasteiger partial charge in [-0.3, -0.25) is 4.79 Å². The van der Waals surface area contributed by atoms with Crippen molar-refractivity contribution in [2.75, 3.05) is 5.75 Å². The number of ether oxygens (including phenoxy) is 1. The summed E-state index contributed by atoms with van der Waals surface area (Å²) in [7, 11) is 0. The Morgan fingerprint density at radius 3 is 1.68 bits per heavy atom. The molecule has 0 amide bonds. The summed E-state index contributed by atoms with van der Waals surface area (Å²) < 4.78 is 5.27. The predicted molar refractivity (Wildman–Crippen MR) is 129 cm³/mol. The van der Waals surface area contributed by atoms with Crippen molar-refractivity contribution in [2.45, 2.75) is 25.0 Å². The molecule has 1 heterocycles. The largest absolute Gasteiger partial charge is 0.430 e. The lowest BCUT2D eigenvalue weighted by Gasteiger charge is -2.35. The molecule has 0 spiro atoms. The topological polar surface area (TPSA) is 26.3 Å². The van der Waals surface area contributed by atoms with Crippen LogP contribution in [0.4, 0.5) is 0 Å². The van der Waals surface area contributed by atoms with Gasteiger partial charge in [-0.25, -0.2) is 0 Å². The highest BCUT2D eigenvalue weighted by atomic mass is 32.2. The van der Waals surface area contributed by atoms with Gasteiger partial charge < -0.3 is 4.74 Å². The zero-order chi connectivity index (χ0) is 21.7. The summed E-state index contributed by atoms with van der Waals surface area (Å²) in [6.07, 6.45) is 2.86. The lowest BCUT2D eigenvalue weighted by Crippen LogP contribution is -2.26. The minimum Gasteiger partial charge on any atom is -0.430 e. The van der Waals surface area contributed by atoms with Gasteiger partial charge in [-0.05, 0) is 35.1 Å². The molecule has 31 heavy (non-hydrogen) atoms. The molecule has 1 aliphatic rings. The number of rotatable bonds is 8. The number of hydrogen-bond donors (Lipinski definition) is 0. The van der Waals surface area contributed by atoms with Gasteiger partial charge in [-0.1, -0.05) is 105 Å². The van der Waals surface area contributed by atoms with Crippen LogP contribution >= 0.6 is 11.8 Å². The molecule has 0 N–H and O–H groups in total. The summed E-state index contributed by atoms with van der Waals surface area (Å²) >= 11 is 1.80. The molecule has 2 nitrogen and oxygen atoms in total. The SMILES string of the molecule is CC(C)C[C@@H]1C=C(CSC(c2ccccc2)(c2ccccc2)c2ccccc2)OC1=O. The monoisotopic (exact) mass is 428 g/mol. The zero-order valence-electron chi connectivity index (χ0n) is 18.0. The molecule has 0 saturated carbocycles. The van der Waals surface area contributed by atoms with Crippen molar-refractivity contribution in [3.8, 4) is 0 Å². The number of carbonyl (C=O) groups is 1. The smallest absolute Gasteiger partial charge is 0.318 e. The minimum absolute atomic E-state index is 0.117. The molecule has 0 aromatic heterocycles. The Bertz CT molecular complexity index is 930. The number of benzene rings is 3. The molecular formula is C28H28O2S. The van der Waals surface area contributed by atoms with Gasteiger partial charge in [0.1, 0.15) is 5.76 Å². The van der Waals surface area contributed by atoms with Gasteiger partial charge in [0.25, 0.3) is 0 Å². The Morgan fingerprint density at radius 1 is 0.806 bits per heavy atom. The van der Waals surface area contributed by atoms with E-state index in [4.69, 9.17) is 4.74 Å². The Kier molecular flexibility index (Phi) is 6.62. The first-order chi connectivity index (χ1) is 15.1. The molecule has 3 aromatic rings. The molecule has 0 aliphatic carbocycles. The minimum atomic E-state index is -0.410. The van der Waals surface area contributed by atoms with Crippen molar-refractivity contribution in [3.05, 3.63) is 120 Å². The molecule has 3 aromatic carbocycles. The van der Waals surface area contributed by atoms with E-state index in [2.05, 4.69) is 86.6 Å². The molecule has 158 valence electrons. The fraction of sp³-hybridized carbons (Fsp3) is 0.250. The fourth-order valence-electron chi connectivity index (χ4n) is 4.23. The molecule has 0 saturated heterocycles. The van der Waals surface area contributed by atoms with Crippen molar-refractivity contribution < 1.29 is 9.53 Å². The Balaban J connectivity index is 1.75. The molecule has 0 radical (unpaired) electrons. The van der Waals surface area contributed by atoms with E-state index in [1.54, 1.807) is 11.8 Å². The van der Waals surface area contributed by atoms with Crippen LogP contribution in [0.3, 0.4) is 0 Å². The van der Waals surface area contributed by atoms with Crippen LogP contribution in [0, 0.1) is 11.8 Å². The third-order valence-corrected chi connectivity index (χ3v) is 7.19. The number of esters is 1. The standard InChI is InChI=1S/C28H28O2S/c1-21(2)18-22-19-26(30-27(22)29)20-31-28(23-12-6-3-7-13-23,24-14-8-4-9-15-24)25-16-10-5-11-17-25/h3-17,19,21-22H,18,20H2,1-2H3/t22-/m1/s1. The number of hydrogen-bond acceptors (Lipinski definition) is 3. The molecule has 0 unspecified atom stereocenters. The van der Waals surface area contributed by atoms with Crippen LogP contribution in [0.1, 0.15) is 37.0 Å². The summed E-state index contributed by atoms with van der Waals surface area (Å²) in [6.45, 7) is 4.28. The summed E-state index contributed by atoms with van der Waals surface area (Å²) in [4.78, 5) is 12.4. The summed E-state index contributed by atoms with van der Waals surface area (Å²) in [6, 6.07) is 31.8. The van der Waals surface area contributed by atoms with Crippen molar-refractivity contribution in [1.82, 2.24) is 0 Å². The van der Waals surface area contributed by atoms with E-state index < -0.39 is 4.75 Å². The van der Waals surface area contributed by atoms with E-state index in [1.165, 1.54) is 16.7 Å². The maximum atomic E-state index is 12.4. The van der Waals surface area contributed by atoms with Crippen molar-refractivity contribution in [2.24, 2.45) is 11.8 Å². The molecule has 0 fully saturated rings. The first-order valence-corrected chi connectivity index (χ1v) is 11.8. The number of carbonyl (C=O) groups excluding carboxylic acids is 1. The van der Waals surface area contributed by atoms with Crippen LogP contribution < -0.4 is 0 Å². The second kappa shape index (κ2) is 9.57. The second-order valence-corrected chi connectivity index (χ2v) is 9.55. The Hall–Kier alpha value is -2.78. The lowest BCUT2D eigenvalue weighted by molar-refractivity contribution is -0.140. The van der Waals surface area contributed by atoms with E-state index in [1.807, 2.05) is 24.3 Å². The predicted octanol–water partition coefficient (Wildman–Crippen LogP) is 6.81. The molecular weight excluding hydrogens is 400 g/mol. The normalized spacial score (nSPS) is 16.3. The fourth-order valence-corrected chi connectivity index (χ4v) is 5.65. The number of thioether (sulfide) groups is 1. The van der Waals surface area contributed by atoms with Gasteiger partial charge >= 0.3 is 5.97 Å². The summed E-state index contributed by atoms with van der Waals surface area (Å²) in [5, 5.41) is 0. The zero-order valence-corrected chi connectivity index (χ0v) is 18.8. The average molecular weight is 429 g/mol. The quantitative estimate of drug-likeness (QED) is 0.291. The maximum absolute atomic E-state index is 12.4.